The highest BCUT2D eigenvalue weighted by atomic mass is 35.5. The van der Waals surface area contributed by atoms with Crippen molar-refractivity contribution in [1.82, 2.24) is 0 Å². The average molecular weight is 159 g/mol. The van der Waals surface area contributed by atoms with E-state index in [4.69, 9.17) is 16.7 Å². The molecular formula is C7H9ClNO+. The second-order valence-corrected chi connectivity index (χ2v) is 2.52. The Morgan fingerprint density at radius 3 is 2.80 bits per heavy atom. The van der Waals surface area contributed by atoms with E-state index < -0.39 is 0 Å². The third-order valence-corrected chi connectivity index (χ3v) is 1.71. The Morgan fingerprint density at radius 2 is 2.30 bits per heavy atom. The third kappa shape index (κ3) is 1.46. The molecule has 1 aromatic heterocycles. The van der Waals surface area contributed by atoms with E-state index in [0.717, 1.165) is 5.56 Å². The van der Waals surface area contributed by atoms with Crippen LogP contribution in [0.5, 0.6) is 0 Å². The number of hydrogen-bond acceptors (Lipinski definition) is 1. The zero-order chi connectivity index (χ0) is 7.56. The van der Waals surface area contributed by atoms with E-state index in [0.29, 0.717) is 5.15 Å². The van der Waals surface area contributed by atoms with Crippen LogP contribution in [0.3, 0.4) is 0 Å². The van der Waals surface area contributed by atoms with Crippen LogP contribution < -0.4 is 4.57 Å². The summed E-state index contributed by atoms with van der Waals surface area (Å²) in [6.07, 6.45) is 1.79. The standard InChI is InChI=1S/C7H9ClNO/c1-9-4-6(5-10)2-3-7(9)8/h2-4,10H,5H2,1H3/q+1. The lowest BCUT2D eigenvalue weighted by molar-refractivity contribution is -0.669. The van der Waals surface area contributed by atoms with Crippen molar-refractivity contribution in [3.8, 4) is 0 Å². The molecule has 0 atom stereocenters. The lowest BCUT2D eigenvalue weighted by Crippen LogP contribution is -2.29. The summed E-state index contributed by atoms with van der Waals surface area (Å²) in [5.41, 5.74) is 0.868. The minimum atomic E-state index is 0.0605. The Labute approximate surface area is 64.7 Å². The summed E-state index contributed by atoms with van der Waals surface area (Å²) < 4.78 is 1.76. The fraction of sp³-hybridized carbons (Fsp3) is 0.286. The molecule has 1 N–H and O–H groups in total. The highest BCUT2D eigenvalue weighted by Crippen LogP contribution is 2.01. The lowest BCUT2D eigenvalue weighted by Gasteiger charge is -1.93. The summed E-state index contributed by atoms with van der Waals surface area (Å²) in [6.45, 7) is 0.0605. The molecule has 3 heteroatoms. The van der Waals surface area contributed by atoms with Crippen LogP contribution in [-0.2, 0) is 13.7 Å². The van der Waals surface area contributed by atoms with E-state index in [1.54, 1.807) is 22.9 Å². The van der Waals surface area contributed by atoms with E-state index in [2.05, 4.69) is 0 Å². The number of aliphatic hydroxyl groups excluding tert-OH is 1. The second kappa shape index (κ2) is 2.99. The van der Waals surface area contributed by atoms with Crippen LogP contribution in [0.4, 0.5) is 0 Å². The SMILES string of the molecule is C[n+]1cc(CO)ccc1Cl. The van der Waals surface area contributed by atoms with Gasteiger partial charge in [-0.3, -0.25) is 0 Å². The van der Waals surface area contributed by atoms with E-state index in [-0.39, 0.29) is 6.61 Å². The maximum absolute atomic E-state index is 8.70. The molecule has 1 heterocycles. The average Bonchev–Trinajstić information content (AvgIpc) is 1.95. The zero-order valence-electron chi connectivity index (χ0n) is 5.71. The summed E-state index contributed by atoms with van der Waals surface area (Å²) in [4.78, 5) is 0. The summed E-state index contributed by atoms with van der Waals surface area (Å²) in [6, 6.07) is 3.55. The molecule has 0 unspecified atom stereocenters. The summed E-state index contributed by atoms with van der Waals surface area (Å²) >= 11 is 5.72. The van der Waals surface area contributed by atoms with Gasteiger partial charge in [-0.15, -0.1) is 0 Å². The molecule has 10 heavy (non-hydrogen) atoms. The molecule has 0 aromatic carbocycles. The summed E-state index contributed by atoms with van der Waals surface area (Å²) in [7, 11) is 1.83. The van der Waals surface area contributed by atoms with Crippen molar-refractivity contribution in [2.75, 3.05) is 0 Å². The minimum absolute atomic E-state index is 0.0605. The van der Waals surface area contributed by atoms with Gasteiger partial charge in [0.05, 0.1) is 6.61 Å². The molecule has 0 aliphatic rings. The molecule has 54 valence electrons. The largest absolute Gasteiger partial charge is 0.391 e. The van der Waals surface area contributed by atoms with Gasteiger partial charge >= 0.3 is 0 Å². The van der Waals surface area contributed by atoms with Gasteiger partial charge in [0.15, 0.2) is 6.20 Å². The smallest absolute Gasteiger partial charge is 0.274 e. The first kappa shape index (κ1) is 7.51. The van der Waals surface area contributed by atoms with Crippen molar-refractivity contribution < 1.29 is 9.67 Å². The predicted octanol–water partition coefficient (Wildman–Crippen LogP) is 0.657. The number of aliphatic hydroxyl groups is 1. The summed E-state index contributed by atoms with van der Waals surface area (Å²) in [5.74, 6) is 0. The Balaban J connectivity index is 3.04. The maximum atomic E-state index is 8.70. The van der Waals surface area contributed by atoms with E-state index in [1.807, 2.05) is 7.05 Å². The molecule has 0 saturated carbocycles. The number of rotatable bonds is 1. The van der Waals surface area contributed by atoms with Gasteiger partial charge in [-0.2, -0.15) is 4.57 Å². The number of aryl methyl sites for hydroxylation is 1. The van der Waals surface area contributed by atoms with Gasteiger partial charge in [0.2, 0.25) is 0 Å². The van der Waals surface area contributed by atoms with Crippen LogP contribution in [0.1, 0.15) is 5.56 Å². The van der Waals surface area contributed by atoms with Crippen LogP contribution >= 0.6 is 11.6 Å². The molecule has 1 rings (SSSR count). The van der Waals surface area contributed by atoms with E-state index >= 15 is 0 Å². The third-order valence-electron chi connectivity index (χ3n) is 1.31. The maximum Gasteiger partial charge on any atom is 0.274 e. The van der Waals surface area contributed by atoms with Crippen molar-refractivity contribution >= 4 is 11.6 Å². The Bertz CT molecular complexity index is 237. The first-order chi connectivity index (χ1) is 4.74. The molecule has 0 amide bonds. The van der Waals surface area contributed by atoms with E-state index in [9.17, 15) is 0 Å². The van der Waals surface area contributed by atoms with Gasteiger partial charge in [-0.05, 0) is 17.7 Å². The van der Waals surface area contributed by atoms with Crippen molar-refractivity contribution in [3.63, 3.8) is 0 Å². The van der Waals surface area contributed by atoms with Crippen LogP contribution in [-0.4, -0.2) is 5.11 Å². The topological polar surface area (TPSA) is 24.1 Å². The lowest BCUT2D eigenvalue weighted by atomic mass is 10.3. The van der Waals surface area contributed by atoms with Crippen molar-refractivity contribution in [1.29, 1.82) is 0 Å². The van der Waals surface area contributed by atoms with Crippen LogP contribution in [0.25, 0.3) is 0 Å². The van der Waals surface area contributed by atoms with Gasteiger partial charge in [0.1, 0.15) is 7.05 Å². The highest BCUT2D eigenvalue weighted by Gasteiger charge is 2.02. The number of pyridine rings is 1. The second-order valence-electron chi connectivity index (χ2n) is 2.13. The van der Waals surface area contributed by atoms with Gasteiger partial charge in [0, 0.05) is 11.6 Å². The molecule has 0 fully saturated rings. The molecule has 1 aromatic rings. The van der Waals surface area contributed by atoms with Crippen molar-refractivity contribution in [2.45, 2.75) is 6.61 Å². The molecular weight excluding hydrogens is 150 g/mol. The zero-order valence-corrected chi connectivity index (χ0v) is 6.47. The number of nitrogens with zero attached hydrogens (tertiary/aromatic N) is 1. The Morgan fingerprint density at radius 1 is 1.60 bits per heavy atom. The van der Waals surface area contributed by atoms with Crippen molar-refractivity contribution in [2.24, 2.45) is 7.05 Å². The predicted molar refractivity (Wildman–Crippen MR) is 38.6 cm³/mol. The highest BCUT2D eigenvalue weighted by molar-refractivity contribution is 6.28. The minimum Gasteiger partial charge on any atom is -0.391 e. The van der Waals surface area contributed by atoms with Crippen LogP contribution in [0, 0.1) is 0 Å². The molecule has 2 nitrogen and oxygen atoms in total. The number of aromatic nitrogens is 1. The van der Waals surface area contributed by atoms with Gasteiger partial charge in [-0.1, -0.05) is 0 Å². The Kier molecular flexibility index (Phi) is 2.25. The normalized spacial score (nSPS) is 9.90. The fourth-order valence-corrected chi connectivity index (χ4v) is 0.852. The molecule has 0 radical (unpaired) electrons. The number of halogens is 1. The summed E-state index contributed by atoms with van der Waals surface area (Å²) in [5, 5.41) is 9.36. The monoisotopic (exact) mass is 158 g/mol. The molecule has 0 bridgehead atoms. The first-order valence-corrected chi connectivity index (χ1v) is 3.37. The van der Waals surface area contributed by atoms with Crippen LogP contribution in [0.2, 0.25) is 5.15 Å². The molecule has 0 saturated heterocycles. The number of hydrogen-bond donors (Lipinski definition) is 1. The van der Waals surface area contributed by atoms with Gasteiger partial charge in [0.25, 0.3) is 5.15 Å². The van der Waals surface area contributed by atoms with E-state index in [1.165, 1.54) is 0 Å². The molecule has 0 spiro atoms. The fourth-order valence-electron chi connectivity index (χ4n) is 0.740. The van der Waals surface area contributed by atoms with Gasteiger partial charge < -0.3 is 5.11 Å². The quantitative estimate of drug-likeness (QED) is 0.471. The first-order valence-electron chi connectivity index (χ1n) is 2.99. The molecule has 0 aliphatic heterocycles. The molecule has 0 aliphatic carbocycles. The van der Waals surface area contributed by atoms with Gasteiger partial charge in [-0.25, -0.2) is 0 Å². The van der Waals surface area contributed by atoms with Crippen molar-refractivity contribution in [3.05, 3.63) is 29.0 Å². The Hall–Kier alpha value is -0.600. The van der Waals surface area contributed by atoms with Crippen LogP contribution in [0.15, 0.2) is 18.3 Å².